The molecule has 0 atom stereocenters. The average molecular weight is 383 g/mol. The molecular formula is C27H17N3. The Kier molecular flexibility index (Phi) is 3.06. The molecule has 0 N–H and O–H groups in total. The Bertz CT molecular complexity index is 1570. The first-order valence-corrected chi connectivity index (χ1v) is 10.2. The lowest BCUT2D eigenvalue weighted by molar-refractivity contribution is 0.939. The Morgan fingerprint density at radius 3 is 2.13 bits per heavy atom. The highest BCUT2D eigenvalue weighted by atomic mass is 15.2. The summed E-state index contributed by atoms with van der Waals surface area (Å²) in [7, 11) is 0. The van der Waals surface area contributed by atoms with Gasteiger partial charge < -0.3 is 0 Å². The number of rotatable bonds is 1. The van der Waals surface area contributed by atoms with Crippen molar-refractivity contribution in [2.24, 2.45) is 0 Å². The van der Waals surface area contributed by atoms with Gasteiger partial charge in [0, 0.05) is 29.0 Å². The van der Waals surface area contributed by atoms with E-state index in [9.17, 15) is 0 Å². The van der Waals surface area contributed by atoms with Crippen LogP contribution in [0.1, 0.15) is 11.3 Å². The fraction of sp³-hybridized carbons (Fsp3) is 0.0370. The monoisotopic (exact) mass is 383 g/mol. The van der Waals surface area contributed by atoms with E-state index in [1.807, 2.05) is 6.20 Å². The molecule has 3 nitrogen and oxygen atoms in total. The van der Waals surface area contributed by atoms with E-state index < -0.39 is 0 Å². The van der Waals surface area contributed by atoms with Crippen LogP contribution in [0.2, 0.25) is 0 Å². The maximum atomic E-state index is 5.09. The zero-order chi connectivity index (χ0) is 19.7. The van der Waals surface area contributed by atoms with Crippen LogP contribution in [0, 0.1) is 0 Å². The molecule has 2 heterocycles. The van der Waals surface area contributed by atoms with E-state index in [2.05, 4.69) is 89.5 Å². The molecule has 0 radical (unpaired) electrons. The third-order valence-electron chi connectivity index (χ3n) is 6.27. The van der Waals surface area contributed by atoms with Crippen molar-refractivity contribution in [1.29, 1.82) is 0 Å². The second kappa shape index (κ2) is 5.77. The number of aromatic nitrogens is 3. The van der Waals surface area contributed by atoms with Crippen LogP contribution >= 0.6 is 0 Å². The van der Waals surface area contributed by atoms with Crippen molar-refractivity contribution in [3.63, 3.8) is 0 Å². The maximum absolute atomic E-state index is 5.09. The summed E-state index contributed by atoms with van der Waals surface area (Å²) in [6, 6.07) is 30.0. The maximum Gasteiger partial charge on any atom is 0.234 e. The number of benzene rings is 4. The van der Waals surface area contributed by atoms with E-state index >= 15 is 0 Å². The van der Waals surface area contributed by atoms with Crippen LogP contribution in [0.3, 0.4) is 0 Å². The van der Waals surface area contributed by atoms with Crippen LogP contribution in [-0.4, -0.2) is 14.5 Å². The van der Waals surface area contributed by atoms with Gasteiger partial charge in [-0.05, 0) is 34.0 Å². The lowest BCUT2D eigenvalue weighted by Crippen LogP contribution is -2.09. The summed E-state index contributed by atoms with van der Waals surface area (Å²) in [6.45, 7) is 0. The molecule has 0 aliphatic heterocycles. The molecule has 4 aromatic carbocycles. The van der Waals surface area contributed by atoms with Gasteiger partial charge in [0.25, 0.3) is 0 Å². The van der Waals surface area contributed by atoms with Crippen LogP contribution in [0.25, 0.3) is 49.7 Å². The molecule has 3 heteroatoms. The van der Waals surface area contributed by atoms with Gasteiger partial charge in [0.1, 0.15) is 0 Å². The first kappa shape index (κ1) is 15.9. The minimum Gasteiger partial charge on any atom is -0.278 e. The lowest BCUT2D eigenvalue weighted by atomic mass is 9.87. The van der Waals surface area contributed by atoms with Crippen molar-refractivity contribution >= 4 is 32.6 Å². The van der Waals surface area contributed by atoms with Gasteiger partial charge in [-0.2, -0.15) is 0 Å². The Morgan fingerprint density at radius 1 is 0.667 bits per heavy atom. The minimum atomic E-state index is 0.734. The number of para-hydroxylation sites is 2. The van der Waals surface area contributed by atoms with Gasteiger partial charge in [-0.25, -0.2) is 9.97 Å². The molecule has 0 saturated heterocycles. The summed E-state index contributed by atoms with van der Waals surface area (Å²) in [4.78, 5) is 9.94. The van der Waals surface area contributed by atoms with Crippen LogP contribution in [0.4, 0.5) is 0 Å². The highest BCUT2D eigenvalue weighted by molar-refractivity contribution is 6.09. The SMILES string of the molecule is c1cc2c3c(cccc3c1)-c1cnc(-n3c4ccccc4c4ccccc43)nc1C2. The standard InChI is InChI=1S/C27H17N3/c1-3-13-24-19(10-1)20-11-2-4-14-25(20)30(24)27-28-16-22-21-12-6-8-17-7-5-9-18(26(17)21)15-23(22)29-27/h1-14,16H,15H2. The largest absolute Gasteiger partial charge is 0.278 e. The van der Waals surface area contributed by atoms with Gasteiger partial charge >= 0.3 is 0 Å². The molecule has 0 saturated carbocycles. The molecule has 2 aromatic heterocycles. The molecule has 7 rings (SSSR count). The summed E-state index contributed by atoms with van der Waals surface area (Å²) < 4.78 is 2.19. The topological polar surface area (TPSA) is 30.7 Å². The van der Waals surface area contributed by atoms with E-state index in [4.69, 9.17) is 9.97 Å². The molecule has 0 spiro atoms. The van der Waals surface area contributed by atoms with Gasteiger partial charge in [0.05, 0.1) is 16.7 Å². The van der Waals surface area contributed by atoms with Crippen molar-refractivity contribution in [3.05, 3.63) is 102 Å². The molecule has 0 amide bonds. The molecule has 0 bridgehead atoms. The van der Waals surface area contributed by atoms with Crippen molar-refractivity contribution < 1.29 is 0 Å². The summed E-state index contributed by atoms with van der Waals surface area (Å²) in [5.41, 5.74) is 7.08. The quantitative estimate of drug-likeness (QED) is 0.333. The predicted octanol–water partition coefficient (Wildman–Crippen LogP) is 6.30. The van der Waals surface area contributed by atoms with Crippen LogP contribution < -0.4 is 0 Å². The normalized spacial score (nSPS) is 12.5. The number of fused-ring (bicyclic) bond motifs is 5. The smallest absolute Gasteiger partial charge is 0.234 e. The van der Waals surface area contributed by atoms with Gasteiger partial charge in [0.2, 0.25) is 5.95 Å². The fourth-order valence-corrected chi connectivity index (χ4v) is 4.98. The minimum absolute atomic E-state index is 0.734. The summed E-state index contributed by atoms with van der Waals surface area (Å²) in [5, 5.41) is 5.07. The number of nitrogens with zero attached hydrogens (tertiary/aromatic N) is 3. The molecule has 1 aliphatic carbocycles. The third kappa shape index (κ3) is 2.04. The van der Waals surface area contributed by atoms with E-state index in [1.54, 1.807) is 0 Å². The van der Waals surface area contributed by atoms with E-state index in [0.717, 1.165) is 34.7 Å². The zero-order valence-corrected chi connectivity index (χ0v) is 16.2. The van der Waals surface area contributed by atoms with Gasteiger partial charge in [-0.1, -0.05) is 72.8 Å². The highest BCUT2D eigenvalue weighted by Crippen LogP contribution is 2.39. The molecule has 0 fully saturated rings. The molecule has 30 heavy (non-hydrogen) atoms. The Morgan fingerprint density at radius 2 is 1.37 bits per heavy atom. The van der Waals surface area contributed by atoms with Crippen LogP contribution in [0.15, 0.2) is 91.1 Å². The average Bonchev–Trinajstić information content (AvgIpc) is 3.14. The van der Waals surface area contributed by atoms with Crippen LogP contribution in [0.5, 0.6) is 0 Å². The fourth-order valence-electron chi connectivity index (χ4n) is 4.98. The van der Waals surface area contributed by atoms with E-state index in [1.165, 1.54) is 32.7 Å². The second-order valence-electron chi connectivity index (χ2n) is 7.90. The Hall–Kier alpha value is -3.98. The Balaban J connectivity index is 1.52. The van der Waals surface area contributed by atoms with Crippen molar-refractivity contribution in [3.8, 4) is 17.1 Å². The summed E-state index contributed by atoms with van der Waals surface area (Å²) >= 11 is 0. The number of hydrogen-bond donors (Lipinski definition) is 0. The first-order chi connectivity index (χ1) is 14.9. The Labute approximate surface area is 173 Å². The second-order valence-corrected chi connectivity index (χ2v) is 7.90. The van der Waals surface area contributed by atoms with Crippen molar-refractivity contribution in [2.45, 2.75) is 6.42 Å². The van der Waals surface area contributed by atoms with Gasteiger partial charge in [-0.15, -0.1) is 0 Å². The summed E-state index contributed by atoms with van der Waals surface area (Å²) in [5.74, 6) is 0.734. The molecule has 140 valence electrons. The molecule has 0 unspecified atom stereocenters. The third-order valence-corrected chi connectivity index (χ3v) is 6.27. The zero-order valence-electron chi connectivity index (χ0n) is 16.2. The first-order valence-electron chi connectivity index (χ1n) is 10.2. The predicted molar refractivity (Wildman–Crippen MR) is 122 cm³/mol. The molecule has 6 aromatic rings. The van der Waals surface area contributed by atoms with E-state index in [-0.39, 0.29) is 0 Å². The van der Waals surface area contributed by atoms with Gasteiger partial charge in [0.15, 0.2) is 0 Å². The van der Waals surface area contributed by atoms with E-state index in [0.29, 0.717) is 0 Å². The van der Waals surface area contributed by atoms with Crippen molar-refractivity contribution in [2.75, 3.05) is 0 Å². The lowest BCUT2D eigenvalue weighted by Gasteiger charge is -2.20. The van der Waals surface area contributed by atoms with Gasteiger partial charge in [-0.3, -0.25) is 4.57 Å². The number of hydrogen-bond acceptors (Lipinski definition) is 2. The molecular weight excluding hydrogens is 366 g/mol. The van der Waals surface area contributed by atoms with Crippen molar-refractivity contribution in [1.82, 2.24) is 14.5 Å². The summed E-state index contributed by atoms with van der Waals surface area (Å²) in [6.07, 6.45) is 2.84. The molecule has 1 aliphatic rings. The highest BCUT2D eigenvalue weighted by Gasteiger charge is 2.21. The van der Waals surface area contributed by atoms with Crippen LogP contribution in [-0.2, 0) is 6.42 Å².